The van der Waals surface area contributed by atoms with Crippen molar-refractivity contribution in [3.63, 3.8) is 0 Å². The lowest BCUT2D eigenvalue weighted by Crippen LogP contribution is -2.28. The maximum atomic E-state index is 6.21. The minimum absolute atomic E-state index is 0.0236. The van der Waals surface area contributed by atoms with Crippen LogP contribution in [0, 0.1) is 0 Å². The summed E-state index contributed by atoms with van der Waals surface area (Å²) in [5.41, 5.74) is 9.82. The largest absolute Gasteiger partial charge is 0.373 e. The van der Waals surface area contributed by atoms with Gasteiger partial charge in [0, 0.05) is 38.1 Å². The van der Waals surface area contributed by atoms with Crippen molar-refractivity contribution in [1.82, 2.24) is 9.78 Å². The second-order valence-corrected chi connectivity index (χ2v) is 4.95. The molecule has 4 nitrogen and oxygen atoms in total. The molecule has 0 spiro atoms. The summed E-state index contributed by atoms with van der Waals surface area (Å²) >= 11 is 0. The number of anilines is 1. The van der Waals surface area contributed by atoms with Gasteiger partial charge >= 0.3 is 0 Å². The van der Waals surface area contributed by atoms with Crippen molar-refractivity contribution in [1.29, 1.82) is 0 Å². The first-order valence-corrected chi connectivity index (χ1v) is 6.64. The molecule has 0 aliphatic carbocycles. The molecule has 0 aliphatic heterocycles. The van der Waals surface area contributed by atoms with Crippen LogP contribution >= 0.6 is 0 Å². The van der Waals surface area contributed by atoms with Gasteiger partial charge in [0.25, 0.3) is 0 Å². The number of benzene rings is 1. The van der Waals surface area contributed by atoms with E-state index in [0.29, 0.717) is 0 Å². The Morgan fingerprint density at radius 2 is 2.00 bits per heavy atom. The second-order valence-electron chi connectivity index (χ2n) is 4.95. The number of aromatic nitrogens is 2. The van der Waals surface area contributed by atoms with E-state index in [-0.39, 0.29) is 6.04 Å². The predicted octanol–water partition coefficient (Wildman–Crippen LogP) is 2.12. The Morgan fingerprint density at radius 1 is 1.32 bits per heavy atom. The van der Waals surface area contributed by atoms with Crippen LogP contribution in [0.5, 0.6) is 0 Å². The topological polar surface area (TPSA) is 47.1 Å². The molecular weight excluding hydrogens is 236 g/mol. The van der Waals surface area contributed by atoms with E-state index in [9.17, 15) is 0 Å². The first-order chi connectivity index (χ1) is 9.10. The molecule has 19 heavy (non-hydrogen) atoms. The highest BCUT2D eigenvalue weighted by atomic mass is 15.2. The van der Waals surface area contributed by atoms with Crippen LogP contribution in [-0.4, -0.2) is 23.4 Å². The van der Waals surface area contributed by atoms with E-state index in [0.717, 1.165) is 18.5 Å². The fraction of sp³-hybridized carbons (Fsp3) is 0.400. The Morgan fingerprint density at radius 3 is 2.53 bits per heavy atom. The summed E-state index contributed by atoms with van der Waals surface area (Å²) in [6.07, 6.45) is 4.87. The molecule has 1 aromatic heterocycles. The van der Waals surface area contributed by atoms with Gasteiger partial charge in [0.1, 0.15) is 0 Å². The summed E-state index contributed by atoms with van der Waals surface area (Å²) in [4.78, 5) is 2.18. The quantitative estimate of drug-likeness (QED) is 0.893. The van der Waals surface area contributed by atoms with Crippen molar-refractivity contribution in [2.45, 2.75) is 19.4 Å². The normalized spacial score (nSPS) is 12.4. The summed E-state index contributed by atoms with van der Waals surface area (Å²) < 4.78 is 1.78. The summed E-state index contributed by atoms with van der Waals surface area (Å²) in [6.45, 7) is 2.94. The highest BCUT2D eigenvalue weighted by Gasteiger charge is 2.11. The Hall–Kier alpha value is -1.81. The second kappa shape index (κ2) is 5.89. The zero-order valence-corrected chi connectivity index (χ0v) is 11.9. The van der Waals surface area contributed by atoms with Gasteiger partial charge in [0.15, 0.2) is 0 Å². The molecule has 0 radical (unpaired) electrons. The summed E-state index contributed by atoms with van der Waals surface area (Å²) in [5.74, 6) is 0. The predicted molar refractivity (Wildman–Crippen MR) is 79.2 cm³/mol. The molecule has 2 aromatic rings. The third-order valence-corrected chi connectivity index (χ3v) is 3.41. The van der Waals surface area contributed by atoms with Crippen molar-refractivity contribution in [3.05, 3.63) is 47.8 Å². The third kappa shape index (κ3) is 3.35. The van der Waals surface area contributed by atoms with Crippen molar-refractivity contribution in [2.24, 2.45) is 12.8 Å². The zero-order chi connectivity index (χ0) is 13.8. The van der Waals surface area contributed by atoms with Gasteiger partial charge in [-0.1, -0.05) is 19.1 Å². The molecule has 0 saturated heterocycles. The van der Waals surface area contributed by atoms with E-state index >= 15 is 0 Å². The molecule has 1 aromatic carbocycles. The average molecular weight is 258 g/mol. The van der Waals surface area contributed by atoms with Gasteiger partial charge in [0.2, 0.25) is 0 Å². The highest BCUT2D eigenvalue weighted by molar-refractivity contribution is 5.47. The van der Waals surface area contributed by atoms with Crippen LogP contribution in [0.1, 0.15) is 24.1 Å². The molecule has 4 heteroatoms. The summed E-state index contributed by atoms with van der Waals surface area (Å²) in [5, 5.41) is 4.16. The number of nitrogens with zero attached hydrogens (tertiary/aromatic N) is 3. The Balaban J connectivity index is 2.01. The lowest BCUT2D eigenvalue weighted by atomic mass is 10.1. The van der Waals surface area contributed by atoms with E-state index in [1.54, 1.807) is 4.68 Å². The van der Waals surface area contributed by atoms with E-state index in [1.807, 2.05) is 19.4 Å². The van der Waals surface area contributed by atoms with Crippen LogP contribution in [0.2, 0.25) is 0 Å². The average Bonchev–Trinajstić information content (AvgIpc) is 2.85. The van der Waals surface area contributed by atoms with Crippen molar-refractivity contribution in [3.8, 4) is 0 Å². The van der Waals surface area contributed by atoms with Crippen molar-refractivity contribution < 1.29 is 0 Å². The zero-order valence-electron chi connectivity index (χ0n) is 11.9. The molecule has 2 rings (SSSR count). The number of nitrogens with two attached hydrogens (primary N) is 1. The van der Waals surface area contributed by atoms with Gasteiger partial charge < -0.3 is 10.6 Å². The number of hydrogen-bond acceptors (Lipinski definition) is 3. The van der Waals surface area contributed by atoms with Gasteiger partial charge in [-0.3, -0.25) is 4.68 Å². The molecule has 102 valence electrons. The number of likely N-dealkylation sites (N-methyl/N-ethyl adjacent to an activating group) is 1. The van der Waals surface area contributed by atoms with Crippen LogP contribution < -0.4 is 10.6 Å². The fourth-order valence-corrected chi connectivity index (χ4v) is 2.12. The van der Waals surface area contributed by atoms with Crippen LogP contribution in [0.25, 0.3) is 0 Å². The SMILES string of the molecule is CCc1ccc(N(C)CC(N)c2cnn(C)c2)cc1. The van der Waals surface area contributed by atoms with Crippen LogP contribution in [0.3, 0.4) is 0 Å². The van der Waals surface area contributed by atoms with E-state index in [1.165, 1.54) is 11.3 Å². The number of aryl methyl sites for hydroxylation is 2. The highest BCUT2D eigenvalue weighted by Crippen LogP contribution is 2.17. The third-order valence-electron chi connectivity index (χ3n) is 3.41. The maximum Gasteiger partial charge on any atom is 0.0538 e. The lowest BCUT2D eigenvalue weighted by Gasteiger charge is -2.23. The van der Waals surface area contributed by atoms with Gasteiger partial charge in [-0.2, -0.15) is 5.10 Å². The fourth-order valence-electron chi connectivity index (χ4n) is 2.12. The van der Waals surface area contributed by atoms with Gasteiger partial charge in [-0.15, -0.1) is 0 Å². The van der Waals surface area contributed by atoms with Gasteiger partial charge in [-0.05, 0) is 24.1 Å². The molecule has 0 amide bonds. The number of rotatable bonds is 5. The monoisotopic (exact) mass is 258 g/mol. The van der Waals surface area contributed by atoms with Crippen LogP contribution in [-0.2, 0) is 13.5 Å². The molecule has 2 N–H and O–H groups in total. The lowest BCUT2D eigenvalue weighted by molar-refractivity contribution is 0.700. The molecule has 1 atom stereocenters. The molecule has 0 aliphatic rings. The number of hydrogen-bond donors (Lipinski definition) is 1. The smallest absolute Gasteiger partial charge is 0.0538 e. The summed E-state index contributed by atoms with van der Waals surface area (Å²) in [6, 6.07) is 8.61. The van der Waals surface area contributed by atoms with Crippen molar-refractivity contribution >= 4 is 5.69 Å². The van der Waals surface area contributed by atoms with Gasteiger partial charge in [0.05, 0.1) is 12.2 Å². The minimum atomic E-state index is -0.0236. The Kier molecular flexibility index (Phi) is 4.22. The van der Waals surface area contributed by atoms with Gasteiger partial charge in [-0.25, -0.2) is 0 Å². The Labute approximate surface area is 114 Å². The van der Waals surface area contributed by atoms with Crippen LogP contribution in [0.15, 0.2) is 36.7 Å². The van der Waals surface area contributed by atoms with Crippen LogP contribution in [0.4, 0.5) is 5.69 Å². The minimum Gasteiger partial charge on any atom is -0.373 e. The first-order valence-electron chi connectivity index (χ1n) is 6.64. The molecule has 0 fully saturated rings. The Bertz CT molecular complexity index is 515. The maximum absolute atomic E-state index is 6.21. The molecule has 0 saturated carbocycles. The molecule has 1 unspecified atom stereocenters. The summed E-state index contributed by atoms with van der Waals surface area (Å²) in [7, 11) is 3.97. The standard InChI is InChI=1S/C15H22N4/c1-4-12-5-7-14(8-6-12)18(2)11-15(16)13-9-17-19(3)10-13/h5-10,15H,4,11,16H2,1-3H3. The molecular formula is C15H22N4. The molecule has 0 bridgehead atoms. The van der Waals surface area contributed by atoms with E-state index in [4.69, 9.17) is 5.73 Å². The van der Waals surface area contributed by atoms with E-state index < -0.39 is 0 Å². The van der Waals surface area contributed by atoms with E-state index in [2.05, 4.69) is 48.2 Å². The first kappa shape index (κ1) is 13.6. The van der Waals surface area contributed by atoms with Crippen molar-refractivity contribution in [2.75, 3.05) is 18.5 Å². The molecule has 1 heterocycles.